The molecule has 1 aliphatic carbocycles. The SMILES string of the molecule is ClCC(c1cccc(Cl)c1)C1CCCCC1. The van der Waals surface area contributed by atoms with Crippen LogP contribution in [-0.2, 0) is 0 Å². The molecular formula is C14H18Cl2. The number of benzene rings is 1. The first-order valence-corrected chi connectivity index (χ1v) is 7.04. The average molecular weight is 257 g/mol. The Balaban J connectivity index is 2.14. The Morgan fingerprint density at radius 2 is 1.94 bits per heavy atom. The van der Waals surface area contributed by atoms with E-state index in [4.69, 9.17) is 23.2 Å². The summed E-state index contributed by atoms with van der Waals surface area (Å²) < 4.78 is 0. The van der Waals surface area contributed by atoms with Crippen LogP contribution in [0, 0.1) is 5.92 Å². The van der Waals surface area contributed by atoms with Gasteiger partial charge >= 0.3 is 0 Å². The lowest BCUT2D eigenvalue weighted by Crippen LogP contribution is -2.17. The molecule has 1 atom stereocenters. The van der Waals surface area contributed by atoms with Gasteiger partial charge in [0.05, 0.1) is 0 Å². The van der Waals surface area contributed by atoms with Crippen LogP contribution in [0.4, 0.5) is 0 Å². The molecule has 1 fully saturated rings. The molecule has 1 aliphatic rings. The van der Waals surface area contributed by atoms with Gasteiger partial charge in [0, 0.05) is 16.8 Å². The molecule has 0 bridgehead atoms. The molecule has 0 nitrogen and oxygen atoms in total. The van der Waals surface area contributed by atoms with E-state index < -0.39 is 0 Å². The maximum atomic E-state index is 6.14. The highest BCUT2D eigenvalue weighted by Crippen LogP contribution is 2.37. The number of alkyl halides is 1. The molecule has 0 spiro atoms. The van der Waals surface area contributed by atoms with Crippen LogP contribution in [0.3, 0.4) is 0 Å². The molecule has 0 heterocycles. The summed E-state index contributed by atoms with van der Waals surface area (Å²) in [5.41, 5.74) is 1.31. The Morgan fingerprint density at radius 3 is 2.56 bits per heavy atom. The molecule has 0 amide bonds. The van der Waals surface area contributed by atoms with Crippen molar-refractivity contribution >= 4 is 23.2 Å². The van der Waals surface area contributed by atoms with Crippen molar-refractivity contribution in [3.05, 3.63) is 34.9 Å². The molecule has 0 aliphatic heterocycles. The van der Waals surface area contributed by atoms with E-state index in [0.717, 1.165) is 10.9 Å². The Labute approximate surface area is 108 Å². The molecule has 0 aromatic heterocycles. The Hall–Kier alpha value is -0.200. The van der Waals surface area contributed by atoms with Crippen LogP contribution in [0.5, 0.6) is 0 Å². The van der Waals surface area contributed by atoms with Gasteiger partial charge in [-0.25, -0.2) is 0 Å². The van der Waals surface area contributed by atoms with Gasteiger partial charge in [0.2, 0.25) is 0 Å². The minimum atomic E-state index is 0.487. The second-order valence-corrected chi connectivity index (χ2v) is 5.46. The molecule has 0 N–H and O–H groups in total. The summed E-state index contributed by atoms with van der Waals surface area (Å²) in [4.78, 5) is 0. The van der Waals surface area contributed by atoms with E-state index >= 15 is 0 Å². The van der Waals surface area contributed by atoms with Crippen LogP contribution in [0.25, 0.3) is 0 Å². The lowest BCUT2D eigenvalue weighted by atomic mass is 9.78. The number of hydrogen-bond donors (Lipinski definition) is 0. The predicted octanol–water partition coefficient (Wildman–Crippen LogP) is 5.24. The molecule has 88 valence electrons. The summed E-state index contributed by atoms with van der Waals surface area (Å²) in [6, 6.07) is 8.19. The van der Waals surface area contributed by atoms with Gasteiger partial charge in [-0.3, -0.25) is 0 Å². The summed E-state index contributed by atoms with van der Waals surface area (Å²) in [5, 5.41) is 0.823. The van der Waals surface area contributed by atoms with Crippen molar-refractivity contribution in [2.24, 2.45) is 5.92 Å². The van der Waals surface area contributed by atoms with E-state index in [2.05, 4.69) is 12.1 Å². The fourth-order valence-electron chi connectivity index (χ4n) is 2.76. The standard InChI is InChI=1S/C14H18Cl2/c15-10-14(11-5-2-1-3-6-11)12-7-4-8-13(16)9-12/h4,7-9,11,14H,1-3,5-6,10H2. The normalized spacial score (nSPS) is 19.6. The van der Waals surface area contributed by atoms with Crippen molar-refractivity contribution in [1.82, 2.24) is 0 Å². The van der Waals surface area contributed by atoms with Crippen LogP contribution in [-0.4, -0.2) is 5.88 Å². The summed E-state index contributed by atoms with van der Waals surface area (Å²) >= 11 is 12.2. The van der Waals surface area contributed by atoms with E-state index in [1.807, 2.05) is 12.1 Å². The van der Waals surface area contributed by atoms with Crippen molar-refractivity contribution in [3.8, 4) is 0 Å². The van der Waals surface area contributed by atoms with Crippen LogP contribution < -0.4 is 0 Å². The number of halogens is 2. The fourth-order valence-corrected chi connectivity index (χ4v) is 3.39. The van der Waals surface area contributed by atoms with Gasteiger partial charge in [0.25, 0.3) is 0 Å². The minimum absolute atomic E-state index is 0.487. The maximum Gasteiger partial charge on any atom is 0.0408 e. The van der Waals surface area contributed by atoms with E-state index in [9.17, 15) is 0 Å². The highest BCUT2D eigenvalue weighted by molar-refractivity contribution is 6.30. The molecule has 16 heavy (non-hydrogen) atoms. The fraction of sp³-hybridized carbons (Fsp3) is 0.571. The molecule has 1 saturated carbocycles. The molecule has 1 aromatic carbocycles. The first-order chi connectivity index (χ1) is 7.81. The lowest BCUT2D eigenvalue weighted by Gasteiger charge is -2.29. The zero-order valence-electron chi connectivity index (χ0n) is 9.46. The lowest BCUT2D eigenvalue weighted by molar-refractivity contribution is 0.318. The molecule has 1 aromatic rings. The summed E-state index contributed by atoms with van der Waals surface area (Å²) in [6.45, 7) is 0. The highest BCUT2D eigenvalue weighted by atomic mass is 35.5. The third-order valence-corrected chi connectivity index (χ3v) is 4.23. The number of rotatable bonds is 3. The molecular weight excluding hydrogens is 239 g/mol. The van der Waals surface area contributed by atoms with E-state index in [1.165, 1.54) is 37.7 Å². The van der Waals surface area contributed by atoms with Gasteiger partial charge in [-0.05, 0) is 36.5 Å². The van der Waals surface area contributed by atoms with Gasteiger partial charge in [-0.1, -0.05) is 43.0 Å². The Bertz CT molecular complexity index is 329. The van der Waals surface area contributed by atoms with Crippen LogP contribution in [0.1, 0.15) is 43.6 Å². The summed E-state index contributed by atoms with van der Waals surface area (Å²) in [6.07, 6.45) is 6.76. The molecule has 2 heteroatoms. The van der Waals surface area contributed by atoms with Crippen molar-refractivity contribution in [2.45, 2.75) is 38.0 Å². The van der Waals surface area contributed by atoms with Crippen molar-refractivity contribution in [1.29, 1.82) is 0 Å². The number of hydrogen-bond acceptors (Lipinski definition) is 0. The van der Waals surface area contributed by atoms with Gasteiger partial charge in [-0.15, -0.1) is 11.6 Å². The largest absolute Gasteiger partial charge is 0.126 e. The third-order valence-electron chi connectivity index (χ3n) is 3.66. The molecule has 2 rings (SSSR count). The zero-order valence-corrected chi connectivity index (χ0v) is 11.0. The monoisotopic (exact) mass is 256 g/mol. The van der Waals surface area contributed by atoms with Gasteiger partial charge in [0.1, 0.15) is 0 Å². The van der Waals surface area contributed by atoms with Gasteiger partial charge in [-0.2, -0.15) is 0 Å². The van der Waals surface area contributed by atoms with Crippen LogP contribution >= 0.6 is 23.2 Å². The molecule has 0 saturated heterocycles. The van der Waals surface area contributed by atoms with Crippen molar-refractivity contribution < 1.29 is 0 Å². The zero-order chi connectivity index (χ0) is 11.4. The molecule has 0 radical (unpaired) electrons. The van der Waals surface area contributed by atoms with E-state index in [0.29, 0.717) is 11.8 Å². The quantitative estimate of drug-likeness (QED) is 0.649. The second-order valence-electron chi connectivity index (χ2n) is 4.71. The molecule has 1 unspecified atom stereocenters. The average Bonchev–Trinajstić information content (AvgIpc) is 2.31. The minimum Gasteiger partial charge on any atom is -0.126 e. The second kappa shape index (κ2) is 5.93. The van der Waals surface area contributed by atoms with E-state index in [-0.39, 0.29) is 0 Å². The first kappa shape index (κ1) is 12.3. The maximum absolute atomic E-state index is 6.14. The van der Waals surface area contributed by atoms with Crippen LogP contribution in [0.15, 0.2) is 24.3 Å². The van der Waals surface area contributed by atoms with Gasteiger partial charge < -0.3 is 0 Å². The predicted molar refractivity (Wildman–Crippen MR) is 71.5 cm³/mol. The van der Waals surface area contributed by atoms with Gasteiger partial charge in [0.15, 0.2) is 0 Å². The Morgan fingerprint density at radius 1 is 1.19 bits per heavy atom. The smallest absolute Gasteiger partial charge is 0.0408 e. The summed E-state index contributed by atoms with van der Waals surface area (Å²) in [7, 11) is 0. The van der Waals surface area contributed by atoms with Crippen molar-refractivity contribution in [2.75, 3.05) is 5.88 Å². The highest BCUT2D eigenvalue weighted by Gasteiger charge is 2.24. The Kier molecular flexibility index (Phi) is 4.55. The van der Waals surface area contributed by atoms with Crippen molar-refractivity contribution in [3.63, 3.8) is 0 Å². The van der Waals surface area contributed by atoms with Crippen LogP contribution in [0.2, 0.25) is 5.02 Å². The topological polar surface area (TPSA) is 0 Å². The summed E-state index contributed by atoms with van der Waals surface area (Å²) in [5.74, 6) is 1.95. The third kappa shape index (κ3) is 2.93. The first-order valence-electron chi connectivity index (χ1n) is 6.12. The van der Waals surface area contributed by atoms with E-state index in [1.54, 1.807) is 0 Å².